The number of benzene rings is 1. The molecule has 1 heterocycles. The fourth-order valence-corrected chi connectivity index (χ4v) is 2.72. The van der Waals surface area contributed by atoms with E-state index in [1.54, 1.807) is 0 Å². The van der Waals surface area contributed by atoms with Gasteiger partial charge in [-0.15, -0.1) is 0 Å². The van der Waals surface area contributed by atoms with Crippen molar-refractivity contribution in [3.05, 3.63) is 35.6 Å². The molecule has 22 heavy (non-hydrogen) atoms. The third-order valence-corrected chi connectivity index (χ3v) is 4.18. The van der Waals surface area contributed by atoms with E-state index in [1.807, 2.05) is 30.0 Å². The molecule has 120 valence electrons. The minimum Gasteiger partial charge on any atom is -0.459 e. The Morgan fingerprint density at radius 3 is 2.82 bits per heavy atom. The normalized spacial score (nSPS) is 11.9. The van der Waals surface area contributed by atoms with Crippen LogP contribution < -0.4 is 10.6 Å². The first-order chi connectivity index (χ1) is 10.8. The maximum absolute atomic E-state index is 5.90. The molecule has 5 heteroatoms. The second kappa shape index (κ2) is 8.73. The lowest BCUT2D eigenvalue weighted by molar-refractivity contribution is 0.548. The first-order valence-corrected chi connectivity index (χ1v) is 9.13. The Balaban J connectivity index is 2.03. The molecule has 0 atom stereocenters. The van der Waals surface area contributed by atoms with Crippen molar-refractivity contribution in [2.45, 2.75) is 26.8 Å². The summed E-state index contributed by atoms with van der Waals surface area (Å²) < 4.78 is 5.90. The van der Waals surface area contributed by atoms with E-state index >= 15 is 0 Å². The summed E-state index contributed by atoms with van der Waals surface area (Å²) in [5, 5.41) is 7.81. The highest BCUT2D eigenvalue weighted by molar-refractivity contribution is 7.98. The van der Waals surface area contributed by atoms with Gasteiger partial charge in [-0.25, -0.2) is 4.99 Å². The first kappa shape index (κ1) is 16.7. The van der Waals surface area contributed by atoms with Crippen molar-refractivity contribution >= 4 is 28.7 Å². The predicted molar refractivity (Wildman–Crippen MR) is 96.8 cm³/mol. The lowest BCUT2D eigenvalue weighted by Crippen LogP contribution is -2.37. The molecule has 0 aliphatic rings. The van der Waals surface area contributed by atoms with Crippen LogP contribution in [0.5, 0.6) is 0 Å². The van der Waals surface area contributed by atoms with Crippen molar-refractivity contribution in [3.8, 4) is 0 Å². The molecule has 0 saturated heterocycles. The minimum atomic E-state index is 0.554. The average molecular weight is 319 g/mol. The Morgan fingerprint density at radius 2 is 2.09 bits per heavy atom. The summed E-state index contributed by atoms with van der Waals surface area (Å²) in [6.45, 7) is 6.51. The standard InChI is InChI=1S/C17H25N3OS/c1-4-18-17(19-10-7-11-22-3)20-12-16-13(2)14-8-5-6-9-15(14)21-16/h5-6,8-9H,4,7,10-12H2,1-3H3,(H2,18,19,20). The number of fused-ring (bicyclic) bond motifs is 1. The monoisotopic (exact) mass is 319 g/mol. The third-order valence-electron chi connectivity index (χ3n) is 3.49. The van der Waals surface area contributed by atoms with Crippen LogP contribution in [-0.4, -0.2) is 31.1 Å². The predicted octanol–water partition coefficient (Wildman–Crippen LogP) is 3.55. The quantitative estimate of drug-likeness (QED) is 0.465. The summed E-state index contributed by atoms with van der Waals surface area (Å²) >= 11 is 1.87. The number of aliphatic imine (C=N–C) groups is 1. The van der Waals surface area contributed by atoms with Crippen molar-refractivity contribution in [1.29, 1.82) is 0 Å². The summed E-state index contributed by atoms with van der Waals surface area (Å²) in [5.74, 6) is 2.95. The van der Waals surface area contributed by atoms with E-state index in [0.29, 0.717) is 6.54 Å². The molecule has 0 aliphatic carbocycles. The minimum absolute atomic E-state index is 0.554. The van der Waals surface area contributed by atoms with E-state index in [9.17, 15) is 0 Å². The van der Waals surface area contributed by atoms with Gasteiger partial charge < -0.3 is 15.1 Å². The summed E-state index contributed by atoms with van der Waals surface area (Å²) in [5.41, 5.74) is 2.11. The Hall–Kier alpha value is -1.62. The number of hydrogen-bond donors (Lipinski definition) is 2. The van der Waals surface area contributed by atoms with Gasteiger partial charge in [-0.1, -0.05) is 18.2 Å². The van der Waals surface area contributed by atoms with Gasteiger partial charge in [0.15, 0.2) is 5.96 Å². The Morgan fingerprint density at radius 1 is 1.27 bits per heavy atom. The van der Waals surface area contributed by atoms with Crippen LogP contribution in [-0.2, 0) is 6.54 Å². The highest BCUT2D eigenvalue weighted by atomic mass is 32.2. The molecule has 0 radical (unpaired) electrons. The van der Waals surface area contributed by atoms with Gasteiger partial charge in [-0.2, -0.15) is 11.8 Å². The van der Waals surface area contributed by atoms with Crippen LogP contribution >= 0.6 is 11.8 Å². The second-order valence-corrected chi connectivity index (χ2v) is 6.10. The molecule has 0 fully saturated rings. The summed E-state index contributed by atoms with van der Waals surface area (Å²) in [7, 11) is 0. The fraction of sp³-hybridized carbons (Fsp3) is 0.471. The number of hydrogen-bond acceptors (Lipinski definition) is 3. The summed E-state index contributed by atoms with van der Waals surface area (Å²) in [6.07, 6.45) is 3.26. The summed E-state index contributed by atoms with van der Waals surface area (Å²) in [6, 6.07) is 8.12. The molecular weight excluding hydrogens is 294 g/mol. The first-order valence-electron chi connectivity index (χ1n) is 7.74. The highest BCUT2D eigenvalue weighted by Crippen LogP contribution is 2.25. The molecule has 0 amide bonds. The zero-order valence-corrected chi connectivity index (χ0v) is 14.4. The van der Waals surface area contributed by atoms with Gasteiger partial charge in [-0.3, -0.25) is 0 Å². The van der Waals surface area contributed by atoms with Crippen LogP contribution in [0.3, 0.4) is 0 Å². The number of aryl methyl sites for hydroxylation is 1. The van der Waals surface area contributed by atoms with Crippen molar-refractivity contribution in [2.75, 3.05) is 25.1 Å². The largest absolute Gasteiger partial charge is 0.459 e. The van der Waals surface area contributed by atoms with Crippen LogP contribution in [0.15, 0.2) is 33.7 Å². The molecular formula is C17H25N3OS. The molecule has 0 bridgehead atoms. The van der Waals surface area contributed by atoms with Gasteiger partial charge in [0.2, 0.25) is 0 Å². The van der Waals surface area contributed by atoms with Gasteiger partial charge in [0.25, 0.3) is 0 Å². The zero-order valence-electron chi connectivity index (χ0n) is 13.6. The van der Waals surface area contributed by atoms with Crippen molar-refractivity contribution in [1.82, 2.24) is 10.6 Å². The lowest BCUT2D eigenvalue weighted by Gasteiger charge is -2.10. The third kappa shape index (κ3) is 4.44. The molecule has 1 aromatic carbocycles. The molecule has 2 aromatic rings. The van der Waals surface area contributed by atoms with Crippen LogP contribution in [0.25, 0.3) is 11.0 Å². The zero-order chi connectivity index (χ0) is 15.8. The van der Waals surface area contributed by atoms with Crippen molar-refractivity contribution < 1.29 is 4.42 Å². The molecule has 1 aromatic heterocycles. The highest BCUT2D eigenvalue weighted by Gasteiger charge is 2.09. The van der Waals surface area contributed by atoms with Gasteiger partial charge in [-0.05, 0) is 38.3 Å². The Bertz CT molecular complexity index is 621. The lowest BCUT2D eigenvalue weighted by atomic mass is 10.1. The molecule has 0 saturated carbocycles. The van der Waals surface area contributed by atoms with Gasteiger partial charge in [0.1, 0.15) is 17.9 Å². The maximum Gasteiger partial charge on any atom is 0.191 e. The maximum atomic E-state index is 5.90. The Kier molecular flexibility index (Phi) is 6.65. The van der Waals surface area contributed by atoms with E-state index in [2.05, 4.69) is 41.8 Å². The van der Waals surface area contributed by atoms with Crippen LogP contribution in [0.2, 0.25) is 0 Å². The van der Waals surface area contributed by atoms with Gasteiger partial charge >= 0.3 is 0 Å². The smallest absolute Gasteiger partial charge is 0.191 e. The van der Waals surface area contributed by atoms with Gasteiger partial charge in [0, 0.05) is 24.0 Å². The van der Waals surface area contributed by atoms with Crippen molar-refractivity contribution in [2.24, 2.45) is 4.99 Å². The summed E-state index contributed by atoms with van der Waals surface area (Å²) in [4.78, 5) is 4.63. The van der Waals surface area contributed by atoms with Crippen LogP contribution in [0.1, 0.15) is 24.7 Å². The number of nitrogens with one attached hydrogen (secondary N) is 2. The van der Waals surface area contributed by atoms with E-state index in [4.69, 9.17) is 4.42 Å². The van der Waals surface area contributed by atoms with Gasteiger partial charge in [0.05, 0.1) is 0 Å². The molecule has 2 N–H and O–H groups in total. The van der Waals surface area contributed by atoms with E-state index in [0.717, 1.165) is 42.6 Å². The molecule has 2 rings (SSSR count). The number of guanidine groups is 1. The Labute approximate surface area is 136 Å². The number of thioether (sulfide) groups is 1. The van der Waals surface area contributed by atoms with E-state index in [1.165, 1.54) is 10.9 Å². The molecule has 0 aliphatic heterocycles. The van der Waals surface area contributed by atoms with Crippen molar-refractivity contribution in [3.63, 3.8) is 0 Å². The average Bonchev–Trinajstić information content (AvgIpc) is 2.86. The molecule has 0 unspecified atom stereocenters. The van der Waals surface area contributed by atoms with Crippen LogP contribution in [0.4, 0.5) is 0 Å². The number of rotatable bonds is 7. The van der Waals surface area contributed by atoms with E-state index in [-0.39, 0.29) is 0 Å². The van der Waals surface area contributed by atoms with Crippen LogP contribution in [0, 0.1) is 6.92 Å². The topological polar surface area (TPSA) is 49.6 Å². The SMILES string of the molecule is CCNC(=NCc1oc2ccccc2c1C)NCCCSC. The number of nitrogens with zero attached hydrogens (tertiary/aromatic N) is 1. The van der Waals surface area contributed by atoms with E-state index < -0.39 is 0 Å². The fourth-order valence-electron chi connectivity index (χ4n) is 2.29. The number of furan rings is 1. The second-order valence-electron chi connectivity index (χ2n) is 5.11. The molecule has 0 spiro atoms. The molecule has 4 nitrogen and oxygen atoms in total. The number of para-hydroxylation sites is 1.